The van der Waals surface area contributed by atoms with Gasteiger partial charge in [0.2, 0.25) is 0 Å². The molecule has 0 unspecified atom stereocenters. The minimum Gasteiger partial charge on any atom is -0.311 e. The van der Waals surface area contributed by atoms with Crippen molar-refractivity contribution in [3.8, 4) is 0 Å². The third-order valence-electron chi connectivity index (χ3n) is 4.09. The molecule has 1 aliphatic heterocycles. The van der Waals surface area contributed by atoms with Crippen molar-refractivity contribution in [3.63, 3.8) is 0 Å². The van der Waals surface area contributed by atoms with Gasteiger partial charge in [0.15, 0.2) is 0 Å². The Morgan fingerprint density at radius 3 is 2.32 bits per heavy atom. The first-order valence-electron chi connectivity index (χ1n) is 7.26. The van der Waals surface area contributed by atoms with Crippen molar-refractivity contribution < 1.29 is 0 Å². The molecule has 1 saturated heterocycles. The fourth-order valence-electron chi connectivity index (χ4n) is 2.63. The average molecular weight is 261 g/mol. The summed E-state index contributed by atoms with van der Waals surface area (Å²) in [6, 6.07) is 10.6. The fourth-order valence-corrected chi connectivity index (χ4v) is 2.63. The quantitative estimate of drug-likeness (QED) is 0.872. The summed E-state index contributed by atoms with van der Waals surface area (Å²) in [5, 5.41) is 3.60. The second-order valence-electron chi connectivity index (χ2n) is 6.19. The van der Waals surface area contributed by atoms with Crippen molar-refractivity contribution in [1.82, 2.24) is 15.1 Å². The molecule has 19 heavy (non-hydrogen) atoms. The number of hydrogen-bond acceptors (Lipinski definition) is 3. The first-order chi connectivity index (χ1) is 9.08. The van der Waals surface area contributed by atoms with Crippen LogP contribution in [-0.2, 0) is 6.54 Å². The number of nitrogens with one attached hydrogen (secondary N) is 1. The zero-order valence-electron chi connectivity index (χ0n) is 12.5. The van der Waals surface area contributed by atoms with E-state index in [9.17, 15) is 0 Å². The lowest BCUT2D eigenvalue weighted by Gasteiger charge is -2.43. The van der Waals surface area contributed by atoms with Gasteiger partial charge in [0, 0.05) is 44.8 Å². The largest absolute Gasteiger partial charge is 0.311 e. The first kappa shape index (κ1) is 14.5. The number of rotatable bonds is 5. The van der Waals surface area contributed by atoms with Gasteiger partial charge in [-0.3, -0.25) is 4.90 Å². The third kappa shape index (κ3) is 4.30. The molecule has 1 aromatic rings. The van der Waals surface area contributed by atoms with Crippen LogP contribution < -0.4 is 5.32 Å². The van der Waals surface area contributed by atoms with E-state index in [2.05, 4.69) is 66.3 Å². The Balaban J connectivity index is 1.77. The van der Waals surface area contributed by atoms with E-state index in [1.807, 2.05) is 0 Å². The minimum absolute atomic E-state index is 0.232. The van der Waals surface area contributed by atoms with Gasteiger partial charge in [-0.25, -0.2) is 0 Å². The second kappa shape index (κ2) is 6.51. The molecule has 0 radical (unpaired) electrons. The molecule has 2 rings (SSSR count). The molecular weight excluding hydrogens is 234 g/mol. The molecule has 0 bridgehead atoms. The van der Waals surface area contributed by atoms with E-state index in [1.54, 1.807) is 0 Å². The van der Waals surface area contributed by atoms with E-state index in [1.165, 1.54) is 31.7 Å². The topological polar surface area (TPSA) is 18.5 Å². The number of benzene rings is 1. The number of likely N-dealkylation sites (N-methyl/N-ethyl adjacent to an activating group) is 1. The SMILES string of the molecule is CN1CCN(C(C)(C)CNCc2ccccc2)CC1. The number of nitrogens with zero attached hydrogens (tertiary/aromatic N) is 2. The molecule has 1 fully saturated rings. The second-order valence-corrected chi connectivity index (χ2v) is 6.19. The first-order valence-corrected chi connectivity index (χ1v) is 7.26. The summed E-state index contributed by atoms with van der Waals surface area (Å²) in [5.74, 6) is 0. The summed E-state index contributed by atoms with van der Waals surface area (Å²) in [6.45, 7) is 11.4. The summed E-state index contributed by atoms with van der Waals surface area (Å²) >= 11 is 0. The Morgan fingerprint density at radius 1 is 1.05 bits per heavy atom. The number of piperazine rings is 1. The lowest BCUT2D eigenvalue weighted by atomic mass is 10.0. The van der Waals surface area contributed by atoms with Gasteiger partial charge in [0.05, 0.1) is 0 Å². The van der Waals surface area contributed by atoms with Gasteiger partial charge in [-0.1, -0.05) is 30.3 Å². The number of hydrogen-bond donors (Lipinski definition) is 1. The molecule has 1 N–H and O–H groups in total. The van der Waals surface area contributed by atoms with E-state index in [-0.39, 0.29) is 5.54 Å². The summed E-state index contributed by atoms with van der Waals surface area (Å²) in [7, 11) is 2.21. The predicted octanol–water partition coefficient (Wildman–Crippen LogP) is 1.80. The van der Waals surface area contributed by atoms with Crippen molar-refractivity contribution in [2.75, 3.05) is 39.8 Å². The van der Waals surface area contributed by atoms with Crippen LogP contribution in [0.2, 0.25) is 0 Å². The zero-order valence-corrected chi connectivity index (χ0v) is 12.5. The maximum Gasteiger partial charge on any atom is 0.0278 e. The maximum absolute atomic E-state index is 3.60. The standard InChI is InChI=1S/C16H27N3/c1-16(2,19-11-9-18(3)10-12-19)14-17-13-15-7-5-4-6-8-15/h4-8,17H,9-14H2,1-3H3. The van der Waals surface area contributed by atoms with Gasteiger partial charge in [0.1, 0.15) is 0 Å². The fraction of sp³-hybridized carbons (Fsp3) is 0.625. The van der Waals surface area contributed by atoms with E-state index < -0.39 is 0 Å². The normalized spacial score (nSPS) is 18.7. The molecule has 1 aliphatic rings. The van der Waals surface area contributed by atoms with Gasteiger partial charge in [-0.05, 0) is 26.5 Å². The predicted molar refractivity (Wildman–Crippen MR) is 81.3 cm³/mol. The van der Waals surface area contributed by atoms with Crippen molar-refractivity contribution in [2.24, 2.45) is 0 Å². The van der Waals surface area contributed by atoms with Gasteiger partial charge in [-0.2, -0.15) is 0 Å². The highest BCUT2D eigenvalue weighted by atomic mass is 15.3. The molecule has 3 nitrogen and oxygen atoms in total. The average Bonchev–Trinajstić information content (AvgIpc) is 2.40. The Hall–Kier alpha value is -0.900. The molecule has 0 spiro atoms. The van der Waals surface area contributed by atoms with Gasteiger partial charge in [0.25, 0.3) is 0 Å². The summed E-state index contributed by atoms with van der Waals surface area (Å²) < 4.78 is 0. The molecule has 1 aromatic carbocycles. The van der Waals surface area contributed by atoms with Gasteiger partial charge in [-0.15, -0.1) is 0 Å². The highest BCUT2D eigenvalue weighted by molar-refractivity contribution is 5.14. The highest BCUT2D eigenvalue weighted by Crippen LogP contribution is 2.15. The van der Waals surface area contributed by atoms with Gasteiger partial charge >= 0.3 is 0 Å². The Morgan fingerprint density at radius 2 is 1.68 bits per heavy atom. The van der Waals surface area contributed by atoms with Crippen LogP contribution in [0.3, 0.4) is 0 Å². The van der Waals surface area contributed by atoms with Crippen LogP contribution in [0, 0.1) is 0 Å². The molecule has 106 valence electrons. The van der Waals surface area contributed by atoms with Crippen molar-refractivity contribution in [2.45, 2.75) is 25.9 Å². The molecule has 0 amide bonds. The maximum atomic E-state index is 3.60. The third-order valence-corrected chi connectivity index (χ3v) is 4.09. The molecule has 0 atom stereocenters. The molecule has 0 saturated carbocycles. The molecule has 3 heteroatoms. The summed E-state index contributed by atoms with van der Waals surface area (Å²) in [4.78, 5) is 5.01. The van der Waals surface area contributed by atoms with E-state index in [0.29, 0.717) is 0 Å². The van der Waals surface area contributed by atoms with Crippen molar-refractivity contribution >= 4 is 0 Å². The van der Waals surface area contributed by atoms with Crippen molar-refractivity contribution in [3.05, 3.63) is 35.9 Å². The monoisotopic (exact) mass is 261 g/mol. The van der Waals surface area contributed by atoms with Crippen LogP contribution in [0.25, 0.3) is 0 Å². The van der Waals surface area contributed by atoms with Crippen LogP contribution in [0.4, 0.5) is 0 Å². The smallest absolute Gasteiger partial charge is 0.0278 e. The summed E-state index contributed by atoms with van der Waals surface area (Å²) in [5.41, 5.74) is 1.59. The van der Waals surface area contributed by atoms with E-state index >= 15 is 0 Å². The van der Waals surface area contributed by atoms with Crippen LogP contribution in [-0.4, -0.2) is 55.1 Å². The van der Waals surface area contributed by atoms with Gasteiger partial charge < -0.3 is 10.2 Å². The lowest BCUT2D eigenvalue weighted by Crippen LogP contribution is -2.57. The van der Waals surface area contributed by atoms with E-state index in [4.69, 9.17) is 0 Å². The van der Waals surface area contributed by atoms with E-state index in [0.717, 1.165) is 13.1 Å². The van der Waals surface area contributed by atoms with Crippen molar-refractivity contribution in [1.29, 1.82) is 0 Å². The Bertz CT molecular complexity index is 367. The Labute approximate surface area is 117 Å². The highest BCUT2D eigenvalue weighted by Gasteiger charge is 2.28. The molecule has 0 aliphatic carbocycles. The molecule has 1 heterocycles. The zero-order chi connectivity index (χ0) is 13.7. The Kier molecular flexibility index (Phi) is 4.97. The minimum atomic E-state index is 0.232. The van der Waals surface area contributed by atoms with Crippen LogP contribution in [0.15, 0.2) is 30.3 Å². The molecule has 0 aromatic heterocycles. The van der Waals surface area contributed by atoms with Crippen LogP contribution in [0.1, 0.15) is 19.4 Å². The molecular formula is C16H27N3. The van der Waals surface area contributed by atoms with Crippen LogP contribution in [0.5, 0.6) is 0 Å². The summed E-state index contributed by atoms with van der Waals surface area (Å²) in [6.07, 6.45) is 0. The van der Waals surface area contributed by atoms with Crippen LogP contribution >= 0.6 is 0 Å². The lowest BCUT2D eigenvalue weighted by molar-refractivity contribution is 0.0618.